The molecular weight excluding hydrogens is 260 g/mol. The number of benzene rings is 1. The normalized spacial score (nSPS) is 9.93. The van der Waals surface area contributed by atoms with E-state index in [2.05, 4.69) is 15.9 Å². The lowest BCUT2D eigenvalue weighted by Crippen LogP contribution is -2.01. The van der Waals surface area contributed by atoms with E-state index in [0.717, 1.165) is 21.9 Å². The Morgan fingerprint density at radius 1 is 1.07 bits per heavy atom. The number of halogens is 1. The molecule has 0 N–H and O–H groups in total. The highest BCUT2D eigenvalue weighted by Crippen LogP contribution is 2.40. The van der Waals surface area contributed by atoms with Gasteiger partial charge in [-0.2, -0.15) is 0 Å². The van der Waals surface area contributed by atoms with Crippen molar-refractivity contribution in [3.63, 3.8) is 0 Å². The van der Waals surface area contributed by atoms with Gasteiger partial charge in [0.2, 0.25) is 0 Å². The predicted molar refractivity (Wildman–Crippen MR) is 62.1 cm³/mol. The van der Waals surface area contributed by atoms with Crippen LogP contribution in [0.3, 0.4) is 0 Å². The van der Waals surface area contributed by atoms with Gasteiger partial charge in [-0.15, -0.1) is 0 Å². The molecule has 1 aromatic carbocycles. The standard InChI is InChI=1S/C11H13BrO3/c1-6-8(5-13)10(14-3)7(2)9(12)11(6)15-4/h5H,1-4H3. The molecule has 0 aromatic heterocycles. The molecule has 0 amide bonds. The molecule has 0 bridgehead atoms. The summed E-state index contributed by atoms with van der Waals surface area (Å²) >= 11 is 3.43. The smallest absolute Gasteiger partial charge is 0.154 e. The van der Waals surface area contributed by atoms with Crippen LogP contribution in [0.15, 0.2) is 4.47 Å². The molecule has 0 fully saturated rings. The molecule has 1 aromatic rings. The first-order valence-electron chi connectivity index (χ1n) is 4.44. The lowest BCUT2D eigenvalue weighted by molar-refractivity contribution is 0.111. The van der Waals surface area contributed by atoms with Crippen LogP contribution in [0.25, 0.3) is 0 Å². The molecule has 0 unspecified atom stereocenters. The molecule has 0 aliphatic carbocycles. The molecule has 3 nitrogen and oxygen atoms in total. The van der Waals surface area contributed by atoms with Gasteiger partial charge in [0.25, 0.3) is 0 Å². The van der Waals surface area contributed by atoms with E-state index < -0.39 is 0 Å². The van der Waals surface area contributed by atoms with Crippen LogP contribution in [0.4, 0.5) is 0 Å². The second-order valence-electron chi connectivity index (χ2n) is 3.16. The summed E-state index contributed by atoms with van der Waals surface area (Å²) in [6.45, 7) is 3.70. The second kappa shape index (κ2) is 4.66. The highest BCUT2D eigenvalue weighted by molar-refractivity contribution is 9.10. The molecule has 1 rings (SSSR count). The van der Waals surface area contributed by atoms with Crippen molar-refractivity contribution in [2.75, 3.05) is 14.2 Å². The van der Waals surface area contributed by atoms with Crippen molar-refractivity contribution in [3.05, 3.63) is 21.2 Å². The molecule has 82 valence electrons. The maximum atomic E-state index is 11.0. The van der Waals surface area contributed by atoms with Gasteiger partial charge in [-0.05, 0) is 29.8 Å². The van der Waals surface area contributed by atoms with Crippen molar-refractivity contribution in [2.24, 2.45) is 0 Å². The van der Waals surface area contributed by atoms with Crippen molar-refractivity contribution in [1.82, 2.24) is 0 Å². The van der Waals surface area contributed by atoms with Gasteiger partial charge in [0, 0.05) is 11.1 Å². The van der Waals surface area contributed by atoms with Crippen LogP contribution in [0.1, 0.15) is 21.5 Å². The molecule has 0 spiro atoms. The van der Waals surface area contributed by atoms with E-state index in [1.807, 2.05) is 13.8 Å². The second-order valence-corrected chi connectivity index (χ2v) is 3.96. The van der Waals surface area contributed by atoms with Crippen molar-refractivity contribution in [3.8, 4) is 11.5 Å². The Morgan fingerprint density at radius 3 is 2.00 bits per heavy atom. The number of hydrogen-bond acceptors (Lipinski definition) is 3. The maximum absolute atomic E-state index is 11.0. The van der Waals surface area contributed by atoms with Crippen molar-refractivity contribution < 1.29 is 14.3 Å². The van der Waals surface area contributed by atoms with E-state index >= 15 is 0 Å². The molecule has 4 heteroatoms. The van der Waals surface area contributed by atoms with E-state index in [1.165, 1.54) is 0 Å². The van der Waals surface area contributed by atoms with Crippen LogP contribution in [0.5, 0.6) is 11.5 Å². The lowest BCUT2D eigenvalue weighted by Gasteiger charge is -2.16. The molecule has 0 saturated heterocycles. The van der Waals surface area contributed by atoms with Gasteiger partial charge in [-0.3, -0.25) is 4.79 Å². The van der Waals surface area contributed by atoms with Gasteiger partial charge < -0.3 is 9.47 Å². The first-order valence-corrected chi connectivity index (χ1v) is 5.23. The monoisotopic (exact) mass is 272 g/mol. The highest BCUT2D eigenvalue weighted by atomic mass is 79.9. The van der Waals surface area contributed by atoms with Gasteiger partial charge in [0.1, 0.15) is 11.5 Å². The number of aldehydes is 1. The number of ether oxygens (including phenoxy) is 2. The third kappa shape index (κ3) is 1.86. The minimum atomic E-state index is 0.537. The van der Waals surface area contributed by atoms with Crippen LogP contribution < -0.4 is 9.47 Å². The van der Waals surface area contributed by atoms with E-state index in [-0.39, 0.29) is 0 Å². The Morgan fingerprint density at radius 2 is 1.60 bits per heavy atom. The Balaban J connectivity index is 3.64. The van der Waals surface area contributed by atoms with E-state index in [1.54, 1.807) is 14.2 Å². The van der Waals surface area contributed by atoms with Crippen LogP contribution in [-0.2, 0) is 0 Å². The summed E-state index contributed by atoms with van der Waals surface area (Å²) in [6.07, 6.45) is 0.788. The molecule has 0 saturated carbocycles. The van der Waals surface area contributed by atoms with E-state index in [0.29, 0.717) is 17.1 Å². The third-order valence-electron chi connectivity index (χ3n) is 2.38. The minimum absolute atomic E-state index is 0.537. The quantitative estimate of drug-likeness (QED) is 0.794. The zero-order valence-electron chi connectivity index (χ0n) is 9.18. The summed E-state index contributed by atoms with van der Waals surface area (Å²) in [6, 6.07) is 0. The van der Waals surface area contributed by atoms with Crippen LogP contribution >= 0.6 is 15.9 Å². The summed E-state index contributed by atoms with van der Waals surface area (Å²) in [7, 11) is 3.13. The molecular formula is C11H13BrO3. The summed E-state index contributed by atoms with van der Waals surface area (Å²) in [5.41, 5.74) is 2.18. The third-order valence-corrected chi connectivity index (χ3v) is 3.34. The Hall–Kier alpha value is -1.03. The molecule has 0 heterocycles. The van der Waals surface area contributed by atoms with Crippen LogP contribution in [-0.4, -0.2) is 20.5 Å². The number of methoxy groups -OCH3 is 2. The summed E-state index contributed by atoms with van der Waals surface area (Å²) in [5.74, 6) is 1.27. The zero-order chi connectivity index (χ0) is 11.6. The van der Waals surface area contributed by atoms with Gasteiger partial charge in [-0.1, -0.05) is 0 Å². The van der Waals surface area contributed by atoms with Gasteiger partial charge in [0.15, 0.2) is 6.29 Å². The van der Waals surface area contributed by atoms with Crippen molar-refractivity contribution >= 4 is 22.2 Å². The molecule has 0 aliphatic rings. The maximum Gasteiger partial charge on any atom is 0.154 e. The fourth-order valence-electron chi connectivity index (χ4n) is 1.58. The van der Waals surface area contributed by atoms with Crippen molar-refractivity contribution in [1.29, 1.82) is 0 Å². The predicted octanol–water partition coefficient (Wildman–Crippen LogP) is 2.90. The lowest BCUT2D eigenvalue weighted by atomic mass is 10.0. The van der Waals surface area contributed by atoms with E-state index in [4.69, 9.17) is 9.47 Å². The van der Waals surface area contributed by atoms with E-state index in [9.17, 15) is 4.79 Å². The number of rotatable bonds is 3. The SMILES string of the molecule is COc1c(C)c(C=O)c(OC)c(C)c1Br. The summed E-state index contributed by atoms with van der Waals surface area (Å²) in [4.78, 5) is 11.0. The number of carbonyl (C=O) groups is 1. The molecule has 15 heavy (non-hydrogen) atoms. The average Bonchev–Trinajstić information content (AvgIpc) is 2.23. The Bertz CT molecular complexity index is 400. The highest BCUT2D eigenvalue weighted by Gasteiger charge is 2.18. The first kappa shape index (κ1) is 12.0. The topological polar surface area (TPSA) is 35.5 Å². The molecule has 0 aliphatic heterocycles. The average molecular weight is 273 g/mol. The van der Waals surface area contributed by atoms with Gasteiger partial charge in [-0.25, -0.2) is 0 Å². The molecule has 0 atom stereocenters. The number of hydrogen-bond donors (Lipinski definition) is 0. The largest absolute Gasteiger partial charge is 0.496 e. The Kier molecular flexibility index (Phi) is 3.74. The summed E-state index contributed by atoms with van der Waals surface area (Å²) < 4.78 is 11.3. The van der Waals surface area contributed by atoms with Gasteiger partial charge >= 0.3 is 0 Å². The number of carbonyl (C=O) groups excluding carboxylic acids is 1. The van der Waals surface area contributed by atoms with Crippen LogP contribution in [0.2, 0.25) is 0 Å². The molecule has 0 radical (unpaired) electrons. The minimum Gasteiger partial charge on any atom is -0.496 e. The van der Waals surface area contributed by atoms with Crippen molar-refractivity contribution in [2.45, 2.75) is 13.8 Å². The first-order chi connectivity index (χ1) is 7.08. The Labute approximate surface area is 97.5 Å². The van der Waals surface area contributed by atoms with Gasteiger partial charge in [0.05, 0.1) is 24.3 Å². The zero-order valence-corrected chi connectivity index (χ0v) is 10.8. The van der Waals surface area contributed by atoms with Crippen LogP contribution in [0, 0.1) is 13.8 Å². The fourth-order valence-corrected chi connectivity index (χ4v) is 2.22. The summed E-state index contributed by atoms with van der Waals surface area (Å²) in [5, 5.41) is 0. The fraction of sp³-hybridized carbons (Fsp3) is 0.364.